The van der Waals surface area contributed by atoms with Gasteiger partial charge in [-0.3, -0.25) is 4.79 Å². The largest absolute Gasteiger partial charge is 0.497 e. The van der Waals surface area contributed by atoms with Crippen LogP contribution in [-0.2, 0) is 0 Å². The summed E-state index contributed by atoms with van der Waals surface area (Å²) in [6.45, 7) is 4.72. The van der Waals surface area contributed by atoms with Crippen LogP contribution in [0.2, 0.25) is 0 Å². The number of carbonyl (C=O) groups excluding carboxylic acids is 1. The monoisotopic (exact) mass is 355 g/mol. The number of amides is 1. The topological polar surface area (TPSA) is 61.8 Å². The minimum Gasteiger partial charge on any atom is -0.497 e. The van der Waals surface area contributed by atoms with Gasteiger partial charge >= 0.3 is 0 Å². The lowest BCUT2D eigenvalue weighted by Gasteiger charge is -2.35. The minimum atomic E-state index is 0.0476. The average molecular weight is 355 g/mol. The first-order chi connectivity index (χ1) is 12.5. The van der Waals surface area contributed by atoms with Gasteiger partial charge in [0.25, 0.3) is 5.91 Å². The van der Waals surface area contributed by atoms with Gasteiger partial charge in [0.15, 0.2) is 0 Å². The van der Waals surface area contributed by atoms with E-state index in [1.165, 1.54) is 0 Å². The van der Waals surface area contributed by atoms with Crippen LogP contribution < -0.4 is 14.5 Å². The second kappa shape index (κ2) is 7.59. The van der Waals surface area contributed by atoms with Gasteiger partial charge < -0.3 is 19.4 Å². The van der Waals surface area contributed by atoms with Crippen molar-refractivity contribution in [1.82, 2.24) is 14.9 Å². The van der Waals surface area contributed by atoms with Crippen molar-refractivity contribution in [2.24, 2.45) is 0 Å². The summed E-state index contributed by atoms with van der Waals surface area (Å²) in [7, 11) is 5.55. The zero-order valence-electron chi connectivity index (χ0n) is 15.8. The van der Waals surface area contributed by atoms with Gasteiger partial charge in [0.1, 0.15) is 11.6 Å². The lowest BCUT2D eigenvalue weighted by atomic mass is 10.1. The predicted octanol–water partition coefficient (Wildman–Crippen LogP) is 1.82. The van der Waals surface area contributed by atoms with Crippen LogP contribution in [0.25, 0.3) is 0 Å². The number of hydrogen-bond donors (Lipinski definition) is 0. The molecule has 1 aromatic carbocycles. The Balaban J connectivity index is 1.66. The second-order valence-corrected chi connectivity index (χ2v) is 6.57. The summed E-state index contributed by atoms with van der Waals surface area (Å²) in [5.41, 5.74) is 1.62. The molecular formula is C19H25N5O2. The van der Waals surface area contributed by atoms with Crippen molar-refractivity contribution in [1.29, 1.82) is 0 Å². The molecule has 0 spiro atoms. The van der Waals surface area contributed by atoms with Gasteiger partial charge in [0.2, 0.25) is 5.95 Å². The van der Waals surface area contributed by atoms with E-state index in [1.54, 1.807) is 19.2 Å². The van der Waals surface area contributed by atoms with Crippen LogP contribution >= 0.6 is 0 Å². The smallest absolute Gasteiger partial charge is 0.253 e. The molecule has 0 atom stereocenters. The fourth-order valence-corrected chi connectivity index (χ4v) is 2.93. The SMILES string of the molecule is COc1ccc(C(=O)N2CCN(c3nc(C)cc(N(C)C)n3)CC2)cc1. The molecule has 3 rings (SSSR count). The third-order valence-corrected chi connectivity index (χ3v) is 4.47. The highest BCUT2D eigenvalue weighted by atomic mass is 16.5. The third kappa shape index (κ3) is 3.87. The van der Waals surface area contributed by atoms with E-state index in [9.17, 15) is 4.79 Å². The molecule has 7 nitrogen and oxygen atoms in total. The van der Waals surface area contributed by atoms with Crippen LogP contribution in [0.15, 0.2) is 30.3 Å². The number of hydrogen-bond acceptors (Lipinski definition) is 6. The summed E-state index contributed by atoms with van der Waals surface area (Å²) in [6.07, 6.45) is 0. The highest BCUT2D eigenvalue weighted by Crippen LogP contribution is 2.19. The number of rotatable bonds is 4. The van der Waals surface area contributed by atoms with Crippen LogP contribution in [0.1, 0.15) is 16.1 Å². The molecule has 1 aliphatic heterocycles. The molecule has 1 saturated heterocycles. The minimum absolute atomic E-state index is 0.0476. The van der Waals surface area contributed by atoms with Crippen LogP contribution in [0.5, 0.6) is 5.75 Å². The maximum Gasteiger partial charge on any atom is 0.253 e. The molecule has 26 heavy (non-hydrogen) atoms. The number of carbonyl (C=O) groups is 1. The Hall–Kier alpha value is -2.83. The first-order valence-electron chi connectivity index (χ1n) is 8.69. The van der Waals surface area contributed by atoms with Gasteiger partial charge in [-0.05, 0) is 31.2 Å². The molecule has 138 valence electrons. The quantitative estimate of drug-likeness (QED) is 0.834. The predicted molar refractivity (Wildman–Crippen MR) is 102 cm³/mol. The van der Waals surface area contributed by atoms with E-state index in [4.69, 9.17) is 4.74 Å². The standard InChI is InChI=1S/C19H25N5O2/c1-14-13-17(22(2)3)21-19(20-14)24-11-9-23(10-12-24)18(25)15-5-7-16(26-4)8-6-15/h5-8,13H,9-12H2,1-4H3. The fraction of sp³-hybridized carbons (Fsp3) is 0.421. The van der Waals surface area contributed by atoms with Crippen LogP contribution in [0, 0.1) is 6.92 Å². The number of benzene rings is 1. The van der Waals surface area contributed by atoms with Gasteiger partial charge in [-0.1, -0.05) is 0 Å². The summed E-state index contributed by atoms with van der Waals surface area (Å²) >= 11 is 0. The van der Waals surface area contributed by atoms with Crippen LogP contribution in [-0.4, -0.2) is 68.2 Å². The van der Waals surface area contributed by atoms with E-state index in [-0.39, 0.29) is 5.91 Å². The number of aromatic nitrogens is 2. The Labute approximate surface area is 154 Å². The summed E-state index contributed by atoms with van der Waals surface area (Å²) < 4.78 is 5.14. The van der Waals surface area contributed by atoms with E-state index < -0.39 is 0 Å². The molecule has 0 saturated carbocycles. The highest BCUT2D eigenvalue weighted by molar-refractivity contribution is 5.94. The molecule has 2 heterocycles. The first kappa shape index (κ1) is 18.0. The molecule has 1 aromatic heterocycles. The number of piperazine rings is 1. The van der Waals surface area contributed by atoms with Crippen molar-refractivity contribution in [2.75, 3.05) is 57.2 Å². The molecule has 2 aromatic rings. The summed E-state index contributed by atoms with van der Waals surface area (Å²) in [5.74, 6) is 2.42. The fourth-order valence-electron chi connectivity index (χ4n) is 2.93. The highest BCUT2D eigenvalue weighted by Gasteiger charge is 2.24. The normalized spacial score (nSPS) is 14.3. The number of ether oxygens (including phenoxy) is 1. The van der Waals surface area contributed by atoms with Crippen LogP contribution in [0.3, 0.4) is 0 Å². The third-order valence-electron chi connectivity index (χ3n) is 4.47. The van der Waals surface area contributed by atoms with Crippen molar-refractivity contribution < 1.29 is 9.53 Å². The lowest BCUT2D eigenvalue weighted by molar-refractivity contribution is 0.0746. The Morgan fingerprint density at radius 2 is 1.73 bits per heavy atom. The van der Waals surface area contributed by atoms with E-state index in [1.807, 2.05) is 49.0 Å². The lowest BCUT2D eigenvalue weighted by Crippen LogP contribution is -2.49. The molecular weight excluding hydrogens is 330 g/mol. The van der Waals surface area contributed by atoms with Gasteiger partial charge in [-0.25, -0.2) is 4.98 Å². The van der Waals surface area contributed by atoms with Crippen molar-refractivity contribution in [2.45, 2.75) is 6.92 Å². The van der Waals surface area contributed by atoms with E-state index in [2.05, 4.69) is 14.9 Å². The van der Waals surface area contributed by atoms with Crippen molar-refractivity contribution >= 4 is 17.7 Å². The first-order valence-corrected chi connectivity index (χ1v) is 8.69. The molecule has 1 amide bonds. The van der Waals surface area contributed by atoms with Gasteiger partial charge in [-0.15, -0.1) is 0 Å². The maximum absolute atomic E-state index is 12.7. The molecule has 0 unspecified atom stereocenters. The number of methoxy groups -OCH3 is 1. The molecule has 0 aliphatic carbocycles. The maximum atomic E-state index is 12.7. The average Bonchev–Trinajstić information content (AvgIpc) is 2.67. The molecule has 0 radical (unpaired) electrons. The number of anilines is 2. The Morgan fingerprint density at radius 1 is 1.08 bits per heavy atom. The molecule has 0 bridgehead atoms. The van der Waals surface area contributed by atoms with E-state index in [0.717, 1.165) is 36.3 Å². The number of aryl methyl sites for hydroxylation is 1. The summed E-state index contributed by atoms with van der Waals surface area (Å²) in [5, 5.41) is 0. The van der Waals surface area contributed by atoms with Gasteiger partial charge in [-0.2, -0.15) is 4.98 Å². The molecule has 1 aliphatic rings. The Kier molecular flexibility index (Phi) is 5.25. The van der Waals surface area contributed by atoms with Gasteiger partial charge in [0, 0.05) is 57.6 Å². The van der Waals surface area contributed by atoms with E-state index in [0.29, 0.717) is 18.7 Å². The summed E-state index contributed by atoms with van der Waals surface area (Å²) in [6, 6.07) is 9.20. The van der Waals surface area contributed by atoms with Gasteiger partial charge in [0.05, 0.1) is 7.11 Å². The zero-order valence-corrected chi connectivity index (χ0v) is 15.8. The van der Waals surface area contributed by atoms with E-state index >= 15 is 0 Å². The summed E-state index contributed by atoms with van der Waals surface area (Å²) in [4.78, 5) is 27.8. The van der Waals surface area contributed by atoms with Crippen molar-refractivity contribution in [3.05, 3.63) is 41.6 Å². The van der Waals surface area contributed by atoms with Crippen molar-refractivity contribution in [3.8, 4) is 5.75 Å². The Morgan fingerprint density at radius 3 is 2.31 bits per heavy atom. The number of nitrogens with zero attached hydrogens (tertiary/aromatic N) is 5. The Bertz CT molecular complexity index is 768. The molecule has 1 fully saturated rings. The zero-order chi connectivity index (χ0) is 18.7. The van der Waals surface area contributed by atoms with Crippen LogP contribution in [0.4, 0.5) is 11.8 Å². The molecule has 0 N–H and O–H groups in total. The molecule has 7 heteroatoms. The second-order valence-electron chi connectivity index (χ2n) is 6.57. The van der Waals surface area contributed by atoms with Crippen molar-refractivity contribution in [3.63, 3.8) is 0 Å².